The van der Waals surface area contributed by atoms with E-state index in [0.29, 0.717) is 18.0 Å². The van der Waals surface area contributed by atoms with Crippen LogP contribution in [0.1, 0.15) is 12.8 Å². The lowest BCUT2D eigenvalue weighted by Gasteiger charge is -2.31. The number of carbonyl (C=O) groups is 1. The van der Waals surface area contributed by atoms with Gasteiger partial charge >= 0.3 is 0 Å². The maximum absolute atomic E-state index is 13.1. The van der Waals surface area contributed by atoms with Crippen LogP contribution in [0.15, 0.2) is 45.6 Å². The number of anilines is 1. The predicted octanol–water partition coefficient (Wildman–Crippen LogP) is 1.59. The van der Waals surface area contributed by atoms with Gasteiger partial charge in [-0.15, -0.1) is 11.3 Å². The van der Waals surface area contributed by atoms with Crippen LogP contribution in [0.25, 0.3) is 0 Å². The van der Waals surface area contributed by atoms with Gasteiger partial charge in [0.05, 0.1) is 10.8 Å². The van der Waals surface area contributed by atoms with Gasteiger partial charge in [0, 0.05) is 30.9 Å². The van der Waals surface area contributed by atoms with Gasteiger partial charge in [-0.05, 0) is 25.0 Å². The number of aromatic nitrogens is 1. The highest BCUT2D eigenvalue weighted by molar-refractivity contribution is 7.93. The molecule has 1 aliphatic rings. The number of thiazole rings is 1. The van der Waals surface area contributed by atoms with Gasteiger partial charge in [-0.3, -0.25) is 4.79 Å². The molecule has 1 aromatic heterocycles. The van der Waals surface area contributed by atoms with E-state index in [2.05, 4.69) is 10.3 Å². The number of hydrogen-bond donors (Lipinski definition) is 1. The summed E-state index contributed by atoms with van der Waals surface area (Å²) in [5.41, 5.74) is 0. The fourth-order valence-electron chi connectivity index (χ4n) is 2.98. The number of sulfone groups is 1. The van der Waals surface area contributed by atoms with Crippen molar-refractivity contribution in [3.63, 3.8) is 0 Å². The molecular formula is C16H19N3O5S3. The van der Waals surface area contributed by atoms with Crippen molar-refractivity contribution in [2.45, 2.75) is 22.6 Å². The molecule has 0 bridgehead atoms. The van der Waals surface area contributed by atoms with Crippen LogP contribution >= 0.6 is 11.3 Å². The summed E-state index contributed by atoms with van der Waals surface area (Å²) in [7, 11) is -7.75. The van der Waals surface area contributed by atoms with Crippen molar-refractivity contribution < 1.29 is 21.6 Å². The molecule has 1 amide bonds. The second-order valence-electron chi connectivity index (χ2n) is 6.25. The van der Waals surface area contributed by atoms with Gasteiger partial charge in [0.25, 0.3) is 0 Å². The SMILES string of the molecule is CS(=O)(=O)c1ccccc1S(=O)(=O)N1CCCC(C(=O)Nc2nccs2)C1. The standard InChI is InChI=1S/C16H19N3O5S3/c1-26(21,22)13-6-2-3-7-14(13)27(23,24)19-9-4-5-12(11-19)15(20)18-16-17-8-10-25-16/h2-3,6-8,10,12H,4-5,9,11H2,1H3,(H,17,18,20). The van der Waals surface area contributed by atoms with Gasteiger partial charge < -0.3 is 5.32 Å². The summed E-state index contributed by atoms with van der Waals surface area (Å²) in [6, 6.07) is 5.53. The largest absolute Gasteiger partial charge is 0.302 e. The number of nitrogens with one attached hydrogen (secondary N) is 1. The van der Waals surface area contributed by atoms with Crippen LogP contribution in [-0.4, -0.2) is 51.4 Å². The molecule has 27 heavy (non-hydrogen) atoms. The number of nitrogens with zero attached hydrogens (tertiary/aromatic N) is 2. The average molecular weight is 430 g/mol. The minimum Gasteiger partial charge on any atom is -0.302 e. The van der Waals surface area contributed by atoms with Crippen LogP contribution in [0, 0.1) is 5.92 Å². The first-order chi connectivity index (χ1) is 12.7. The summed E-state index contributed by atoms with van der Waals surface area (Å²) in [6.07, 6.45) is 3.61. The van der Waals surface area contributed by atoms with Crippen LogP contribution < -0.4 is 5.32 Å². The van der Waals surface area contributed by atoms with E-state index in [9.17, 15) is 21.6 Å². The summed E-state index contributed by atoms with van der Waals surface area (Å²) >= 11 is 1.28. The first kappa shape index (κ1) is 19.9. The quantitative estimate of drug-likeness (QED) is 0.772. The zero-order valence-electron chi connectivity index (χ0n) is 14.5. The number of sulfonamides is 1. The van der Waals surface area contributed by atoms with Crippen molar-refractivity contribution in [3.8, 4) is 0 Å². The van der Waals surface area contributed by atoms with E-state index in [1.54, 1.807) is 11.6 Å². The molecule has 2 aromatic rings. The van der Waals surface area contributed by atoms with Gasteiger partial charge in [-0.2, -0.15) is 4.31 Å². The lowest BCUT2D eigenvalue weighted by atomic mass is 9.99. The minimum atomic E-state index is -4.04. The Morgan fingerprint density at radius 3 is 2.56 bits per heavy atom. The smallest absolute Gasteiger partial charge is 0.244 e. The van der Waals surface area contributed by atoms with Gasteiger partial charge in [-0.1, -0.05) is 12.1 Å². The zero-order chi connectivity index (χ0) is 19.7. The van der Waals surface area contributed by atoms with Gasteiger partial charge in [0.1, 0.15) is 4.90 Å². The molecule has 1 fully saturated rings. The van der Waals surface area contributed by atoms with Crippen molar-refractivity contribution in [3.05, 3.63) is 35.8 Å². The Kier molecular flexibility index (Phi) is 5.65. The second-order valence-corrected chi connectivity index (χ2v) is 11.0. The highest BCUT2D eigenvalue weighted by atomic mass is 32.2. The zero-order valence-corrected chi connectivity index (χ0v) is 17.0. The van der Waals surface area contributed by atoms with Crippen molar-refractivity contribution in [1.82, 2.24) is 9.29 Å². The molecule has 1 aromatic carbocycles. The maximum atomic E-state index is 13.1. The molecule has 0 radical (unpaired) electrons. The first-order valence-corrected chi connectivity index (χ1v) is 12.4. The van der Waals surface area contributed by atoms with Crippen LogP contribution in [-0.2, 0) is 24.7 Å². The number of hydrogen-bond acceptors (Lipinski definition) is 7. The van der Waals surface area contributed by atoms with E-state index >= 15 is 0 Å². The normalized spacial score (nSPS) is 18.9. The van der Waals surface area contributed by atoms with E-state index in [4.69, 9.17) is 0 Å². The minimum absolute atomic E-state index is 0.00234. The van der Waals surface area contributed by atoms with E-state index in [1.807, 2.05) is 0 Å². The number of piperidine rings is 1. The Bertz CT molecular complexity index is 1030. The molecular weight excluding hydrogens is 410 g/mol. The number of carbonyl (C=O) groups excluding carboxylic acids is 1. The lowest BCUT2D eigenvalue weighted by molar-refractivity contribution is -0.120. The molecule has 0 aliphatic carbocycles. The van der Waals surface area contributed by atoms with Crippen LogP contribution in [0.3, 0.4) is 0 Å². The Balaban J connectivity index is 1.84. The van der Waals surface area contributed by atoms with E-state index in [-0.39, 0.29) is 28.8 Å². The van der Waals surface area contributed by atoms with Crippen molar-refractivity contribution in [2.75, 3.05) is 24.7 Å². The number of amides is 1. The molecule has 8 nitrogen and oxygen atoms in total. The fraction of sp³-hybridized carbons (Fsp3) is 0.375. The monoisotopic (exact) mass is 429 g/mol. The molecule has 2 heterocycles. The molecule has 146 valence electrons. The summed E-state index contributed by atoms with van der Waals surface area (Å²) in [4.78, 5) is 15.9. The van der Waals surface area contributed by atoms with Crippen LogP contribution in [0.5, 0.6) is 0 Å². The Labute approximate surface area is 162 Å². The Morgan fingerprint density at radius 2 is 1.93 bits per heavy atom. The molecule has 0 spiro atoms. The second kappa shape index (κ2) is 7.66. The molecule has 1 aliphatic heterocycles. The molecule has 1 saturated heterocycles. The topological polar surface area (TPSA) is 114 Å². The molecule has 1 atom stereocenters. The van der Waals surface area contributed by atoms with E-state index < -0.39 is 25.8 Å². The Hall–Kier alpha value is -1.82. The number of benzene rings is 1. The molecule has 3 rings (SSSR count). The van der Waals surface area contributed by atoms with Crippen LogP contribution in [0.2, 0.25) is 0 Å². The van der Waals surface area contributed by atoms with Gasteiger partial charge in [-0.25, -0.2) is 21.8 Å². The Morgan fingerprint density at radius 1 is 1.22 bits per heavy atom. The summed E-state index contributed by atoms with van der Waals surface area (Å²) < 4.78 is 51.3. The first-order valence-electron chi connectivity index (χ1n) is 8.19. The third-order valence-corrected chi connectivity index (χ3v) is 8.18. The summed E-state index contributed by atoms with van der Waals surface area (Å²) in [5, 5.41) is 4.88. The fourth-order valence-corrected chi connectivity index (χ4v) is 6.63. The summed E-state index contributed by atoms with van der Waals surface area (Å²) in [5.74, 6) is -0.816. The maximum Gasteiger partial charge on any atom is 0.244 e. The molecule has 1 N–H and O–H groups in total. The third kappa shape index (κ3) is 4.37. The highest BCUT2D eigenvalue weighted by Gasteiger charge is 2.35. The predicted molar refractivity (Wildman–Crippen MR) is 102 cm³/mol. The molecule has 0 saturated carbocycles. The average Bonchev–Trinajstić information content (AvgIpc) is 3.14. The van der Waals surface area contributed by atoms with Crippen LogP contribution in [0.4, 0.5) is 5.13 Å². The lowest BCUT2D eigenvalue weighted by Crippen LogP contribution is -2.44. The highest BCUT2D eigenvalue weighted by Crippen LogP contribution is 2.28. The number of rotatable bonds is 5. The summed E-state index contributed by atoms with van der Waals surface area (Å²) in [6.45, 7) is 0.235. The van der Waals surface area contributed by atoms with Gasteiger partial charge in [0.15, 0.2) is 15.0 Å². The van der Waals surface area contributed by atoms with E-state index in [0.717, 1.165) is 6.26 Å². The van der Waals surface area contributed by atoms with Crippen molar-refractivity contribution in [2.24, 2.45) is 5.92 Å². The van der Waals surface area contributed by atoms with E-state index in [1.165, 1.54) is 39.9 Å². The van der Waals surface area contributed by atoms with Crippen molar-refractivity contribution in [1.29, 1.82) is 0 Å². The van der Waals surface area contributed by atoms with Gasteiger partial charge in [0.2, 0.25) is 15.9 Å². The molecule has 11 heteroatoms. The molecule has 1 unspecified atom stereocenters. The van der Waals surface area contributed by atoms with Crippen molar-refractivity contribution >= 4 is 42.2 Å². The third-order valence-electron chi connectivity index (χ3n) is 4.28.